The van der Waals surface area contributed by atoms with Crippen molar-refractivity contribution >= 4 is 33.4 Å². The van der Waals surface area contributed by atoms with Crippen LogP contribution >= 0.6 is 11.6 Å². The first kappa shape index (κ1) is 21.5. The molecule has 0 bridgehead atoms. The van der Waals surface area contributed by atoms with E-state index in [-0.39, 0.29) is 23.8 Å². The zero-order valence-electron chi connectivity index (χ0n) is 16.2. The van der Waals surface area contributed by atoms with Crippen LogP contribution in [0, 0.1) is 12.8 Å². The molecule has 0 atom stereocenters. The third-order valence-corrected chi connectivity index (χ3v) is 7.17. The van der Waals surface area contributed by atoms with Crippen LogP contribution in [0.2, 0.25) is 5.02 Å². The second-order valence-corrected chi connectivity index (χ2v) is 9.46. The summed E-state index contributed by atoms with van der Waals surface area (Å²) in [6, 6.07) is 11.2. The molecular weight excluding hydrogens is 414 g/mol. The highest BCUT2D eigenvalue weighted by atomic mass is 35.5. The van der Waals surface area contributed by atoms with Gasteiger partial charge in [0.2, 0.25) is 10.0 Å². The number of halogens is 1. The zero-order valence-corrected chi connectivity index (χ0v) is 17.8. The molecule has 29 heavy (non-hydrogen) atoms. The summed E-state index contributed by atoms with van der Waals surface area (Å²) in [6.07, 6.45) is 0.710. The minimum absolute atomic E-state index is 0.0813. The Morgan fingerprint density at radius 3 is 2.45 bits per heavy atom. The van der Waals surface area contributed by atoms with E-state index in [4.69, 9.17) is 16.3 Å². The number of carbonyl (C=O) groups is 2. The summed E-state index contributed by atoms with van der Waals surface area (Å²) < 4.78 is 32.6. The maximum Gasteiger partial charge on any atom is 0.314 e. The Morgan fingerprint density at radius 1 is 1.10 bits per heavy atom. The van der Waals surface area contributed by atoms with Gasteiger partial charge in [0.1, 0.15) is 5.75 Å². The predicted molar refractivity (Wildman–Crippen MR) is 110 cm³/mol. The fourth-order valence-corrected chi connectivity index (χ4v) is 4.91. The highest BCUT2D eigenvalue weighted by molar-refractivity contribution is 7.89. The van der Waals surface area contributed by atoms with Crippen molar-refractivity contribution in [2.24, 2.45) is 5.92 Å². The number of benzene rings is 2. The number of esters is 1. The summed E-state index contributed by atoms with van der Waals surface area (Å²) >= 11 is 6.08. The zero-order chi connectivity index (χ0) is 21.2. The molecule has 0 unspecified atom stereocenters. The molecule has 1 saturated heterocycles. The molecule has 1 fully saturated rings. The Hall–Kier alpha value is -2.22. The smallest absolute Gasteiger partial charge is 0.314 e. The van der Waals surface area contributed by atoms with Crippen molar-refractivity contribution in [2.45, 2.75) is 31.6 Å². The van der Waals surface area contributed by atoms with Crippen molar-refractivity contribution in [1.82, 2.24) is 4.31 Å². The molecule has 2 aromatic carbocycles. The first-order valence-electron chi connectivity index (χ1n) is 9.27. The van der Waals surface area contributed by atoms with Gasteiger partial charge in [0.05, 0.1) is 15.8 Å². The van der Waals surface area contributed by atoms with E-state index in [1.54, 1.807) is 24.3 Å². The highest BCUT2D eigenvalue weighted by Crippen LogP contribution is 2.29. The summed E-state index contributed by atoms with van der Waals surface area (Å²) in [4.78, 5) is 24.1. The molecule has 0 aromatic heterocycles. The first-order chi connectivity index (χ1) is 13.7. The van der Waals surface area contributed by atoms with Crippen molar-refractivity contribution in [3.05, 3.63) is 58.6 Å². The fourth-order valence-electron chi connectivity index (χ4n) is 3.24. The maximum atomic E-state index is 12.9. The summed E-state index contributed by atoms with van der Waals surface area (Å²) in [5.74, 6) is -0.694. The average molecular weight is 436 g/mol. The van der Waals surface area contributed by atoms with Crippen molar-refractivity contribution < 1.29 is 22.7 Å². The molecule has 0 saturated carbocycles. The van der Waals surface area contributed by atoms with E-state index < -0.39 is 21.9 Å². The third-order valence-electron chi connectivity index (χ3n) is 4.96. The summed E-state index contributed by atoms with van der Waals surface area (Å²) in [6.45, 7) is 3.67. The molecule has 0 aliphatic carbocycles. The van der Waals surface area contributed by atoms with Crippen molar-refractivity contribution in [3.63, 3.8) is 0 Å². The molecular formula is C21H22ClNO5S. The second-order valence-electron chi connectivity index (χ2n) is 7.12. The summed E-state index contributed by atoms with van der Waals surface area (Å²) in [5, 5.41) is 0.356. The number of hydrogen-bond acceptors (Lipinski definition) is 5. The lowest BCUT2D eigenvalue weighted by molar-refractivity contribution is -0.140. The van der Waals surface area contributed by atoms with E-state index in [1.807, 2.05) is 13.0 Å². The van der Waals surface area contributed by atoms with Crippen LogP contribution in [-0.4, -0.2) is 37.6 Å². The minimum Gasteiger partial charge on any atom is -0.425 e. The molecule has 0 spiro atoms. The average Bonchev–Trinajstić information content (AvgIpc) is 2.71. The summed E-state index contributed by atoms with van der Waals surface area (Å²) in [7, 11) is -3.73. The van der Waals surface area contributed by atoms with Crippen LogP contribution in [0.1, 0.15) is 35.7 Å². The van der Waals surface area contributed by atoms with Crippen LogP contribution in [-0.2, 0) is 14.8 Å². The van der Waals surface area contributed by atoms with Crippen molar-refractivity contribution in [2.75, 3.05) is 13.1 Å². The molecule has 3 rings (SSSR count). The Labute approximate surface area is 175 Å². The number of carbonyl (C=O) groups excluding carboxylic acids is 2. The van der Waals surface area contributed by atoms with E-state index in [2.05, 4.69) is 0 Å². The van der Waals surface area contributed by atoms with E-state index >= 15 is 0 Å². The van der Waals surface area contributed by atoms with Gasteiger partial charge in [-0.05, 0) is 56.5 Å². The van der Waals surface area contributed by atoms with Crippen LogP contribution in [0.3, 0.4) is 0 Å². The van der Waals surface area contributed by atoms with Crippen LogP contribution in [0.5, 0.6) is 5.75 Å². The molecule has 1 aliphatic heterocycles. The lowest BCUT2D eigenvalue weighted by Gasteiger charge is -2.30. The van der Waals surface area contributed by atoms with Gasteiger partial charge in [-0.15, -0.1) is 0 Å². The molecule has 1 heterocycles. The highest BCUT2D eigenvalue weighted by Gasteiger charge is 2.33. The summed E-state index contributed by atoms with van der Waals surface area (Å²) in [5.41, 5.74) is 1.27. The van der Waals surface area contributed by atoms with E-state index in [1.165, 1.54) is 23.4 Å². The van der Waals surface area contributed by atoms with Gasteiger partial charge in [-0.3, -0.25) is 9.59 Å². The van der Waals surface area contributed by atoms with E-state index in [0.717, 1.165) is 5.56 Å². The normalized spacial score (nSPS) is 15.8. The molecule has 0 radical (unpaired) electrons. The number of rotatable bonds is 5. The van der Waals surface area contributed by atoms with E-state index in [9.17, 15) is 18.0 Å². The maximum absolute atomic E-state index is 12.9. The van der Waals surface area contributed by atoms with Gasteiger partial charge < -0.3 is 4.74 Å². The SMILES string of the molecule is CC(=O)c1cccc(S(=O)(=O)N2CCC(C(=O)Oc3cc(C)ccc3Cl)CC2)c1. The number of sulfonamides is 1. The Bertz CT molecular complexity index is 1040. The lowest BCUT2D eigenvalue weighted by Crippen LogP contribution is -2.41. The largest absolute Gasteiger partial charge is 0.425 e. The molecule has 2 aromatic rings. The standard InChI is InChI=1S/C21H22ClNO5S/c1-14-6-7-19(22)20(12-14)28-21(25)16-8-10-23(11-9-16)29(26,27)18-5-3-4-17(13-18)15(2)24/h3-7,12-13,16H,8-11H2,1-2H3. The quantitative estimate of drug-likeness (QED) is 0.404. The van der Waals surface area contributed by atoms with Gasteiger partial charge in [0.25, 0.3) is 0 Å². The molecule has 1 aliphatic rings. The molecule has 154 valence electrons. The van der Waals surface area contributed by atoms with Crippen LogP contribution < -0.4 is 4.74 Å². The number of ketones is 1. The van der Waals surface area contributed by atoms with Crippen LogP contribution in [0.15, 0.2) is 47.4 Å². The van der Waals surface area contributed by atoms with Crippen molar-refractivity contribution in [3.8, 4) is 5.75 Å². The van der Waals surface area contributed by atoms with Gasteiger partial charge in [0, 0.05) is 18.7 Å². The molecule has 8 heteroatoms. The van der Waals surface area contributed by atoms with Gasteiger partial charge in [-0.25, -0.2) is 8.42 Å². The lowest BCUT2D eigenvalue weighted by atomic mass is 9.98. The number of ether oxygens (including phenoxy) is 1. The van der Waals surface area contributed by atoms with Gasteiger partial charge >= 0.3 is 5.97 Å². The van der Waals surface area contributed by atoms with Crippen molar-refractivity contribution in [1.29, 1.82) is 0 Å². The topological polar surface area (TPSA) is 80.8 Å². The number of Topliss-reactive ketones (excluding diaryl/α,β-unsaturated/α-hetero) is 1. The van der Waals surface area contributed by atoms with Gasteiger partial charge in [0.15, 0.2) is 5.78 Å². The van der Waals surface area contributed by atoms with E-state index in [0.29, 0.717) is 29.2 Å². The first-order valence-corrected chi connectivity index (χ1v) is 11.1. The van der Waals surface area contributed by atoms with Crippen LogP contribution in [0.4, 0.5) is 0 Å². The second kappa shape index (κ2) is 8.65. The fraction of sp³-hybridized carbons (Fsp3) is 0.333. The number of nitrogens with zero attached hydrogens (tertiary/aromatic N) is 1. The molecule has 0 amide bonds. The Balaban J connectivity index is 1.66. The predicted octanol–water partition coefficient (Wildman–Crippen LogP) is 3.86. The molecule has 6 nitrogen and oxygen atoms in total. The number of piperidine rings is 1. The van der Waals surface area contributed by atoms with Crippen LogP contribution in [0.25, 0.3) is 0 Å². The number of aryl methyl sites for hydroxylation is 1. The monoisotopic (exact) mass is 435 g/mol. The molecule has 0 N–H and O–H groups in total. The Kier molecular flexibility index (Phi) is 6.41. The van der Waals surface area contributed by atoms with Gasteiger partial charge in [-0.2, -0.15) is 4.31 Å². The third kappa shape index (κ3) is 4.86. The Morgan fingerprint density at radius 2 is 1.79 bits per heavy atom. The minimum atomic E-state index is -3.73. The van der Waals surface area contributed by atoms with Gasteiger partial charge in [-0.1, -0.05) is 29.8 Å². The number of hydrogen-bond donors (Lipinski definition) is 0.